The molecule has 0 bridgehead atoms. The maximum absolute atomic E-state index is 5.45. The van der Waals surface area contributed by atoms with Crippen molar-refractivity contribution < 1.29 is 9.47 Å². The van der Waals surface area contributed by atoms with Crippen LogP contribution in [0.2, 0.25) is 0 Å². The molecule has 6 heteroatoms. The second kappa shape index (κ2) is 12.3. The first-order valence-corrected chi connectivity index (χ1v) is 8.77. The van der Waals surface area contributed by atoms with Gasteiger partial charge in [-0.15, -0.1) is 0 Å². The third-order valence-corrected chi connectivity index (χ3v) is 3.70. The summed E-state index contributed by atoms with van der Waals surface area (Å²) in [6.07, 6.45) is 0.907. The van der Waals surface area contributed by atoms with Crippen molar-refractivity contribution in [1.29, 1.82) is 0 Å². The van der Waals surface area contributed by atoms with Gasteiger partial charge in [0.15, 0.2) is 5.96 Å². The molecule has 0 saturated heterocycles. The fraction of sp³-hybridized carbons (Fsp3) is 0.588. The Bertz CT molecular complexity index is 452. The van der Waals surface area contributed by atoms with Crippen LogP contribution in [0.1, 0.15) is 18.9 Å². The highest BCUT2D eigenvalue weighted by atomic mass is 79.9. The summed E-state index contributed by atoms with van der Waals surface area (Å²) in [5.41, 5.74) is 1.25. The molecule has 0 saturated carbocycles. The van der Waals surface area contributed by atoms with Crippen LogP contribution in [0.3, 0.4) is 0 Å². The molecule has 5 nitrogen and oxygen atoms in total. The van der Waals surface area contributed by atoms with Gasteiger partial charge in [-0.2, -0.15) is 0 Å². The number of guanidine groups is 1. The summed E-state index contributed by atoms with van der Waals surface area (Å²) in [5, 5.41) is 3.33. The number of hydrogen-bond donors (Lipinski definition) is 1. The number of rotatable bonds is 10. The van der Waals surface area contributed by atoms with E-state index < -0.39 is 0 Å². The Morgan fingerprint density at radius 1 is 1.22 bits per heavy atom. The minimum absolute atomic E-state index is 0.641. The molecule has 0 heterocycles. The van der Waals surface area contributed by atoms with Gasteiger partial charge in [0.25, 0.3) is 0 Å². The molecule has 1 N–H and O–H groups in total. The molecule has 0 aliphatic heterocycles. The van der Waals surface area contributed by atoms with E-state index in [0.29, 0.717) is 19.8 Å². The topological polar surface area (TPSA) is 46.1 Å². The highest BCUT2D eigenvalue weighted by Gasteiger charge is 2.06. The molecule has 1 rings (SSSR count). The number of aliphatic imine (C=N–C) groups is 1. The molecule has 130 valence electrons. The molecule has 0 amide bonds. The van der Waals surface area contributed by atoms with E-state index in [-0.39, 0.29) is 0 Å². The fourth-order valence-electron chi connectivity index (χ4n) is 2.00. The molecular formula is C17H28BrN3O2. The molecule has 23 heavy (non-hydrogen) atoms. The molecule has 0 aliphatic rings. The van der Waals surface area contributed by atoms with Crippen LogP contribution in [0.4, 0.5) is 0 Å². The normalized spacial score (nSPS) is 11.6. The number of benzene rings is 1. The van der Waals surface area contributed by atoms with E-state index in [1.54, 1.807) is 7.11 Å². The fourth-order valence-corrected chi connectivity index (χ4v) is 2.27. The van der Waals surface area contributed by atoms with Crippen LogP contribution in [-0.4, -0.2) is 57.9 Å². The van der Waals surface area contributed by atoms with Crippen molar-refractivity contribution in [3.63, 3.8) is 0 Å². The van der Waals surface area contributed by atoms with E-state index >= 15 is 0 Å². The van der Waals surface area contributed by atoms with E-state index in [1.807, 2.05) is 0 Å². The lowest BCUT2D eigenvalue weighted by molar-refractivity contribution is 0.0702. The zero-order valence-electron chi connectivity index (χ0n) is 14.3. The third kappa shape index (κ3) is 8.93. The van der Waals surface area contributed by atoms with Crippen molar-refractivity contribution in [2.75, 3.05) is 47.1 Å². The smallest absolute Gasteiger partial charge is 0.193 e. The lowest BCUT2D eigenvalue weighted by Gasteiger charge is -2.22. The summed E-state index contributed by atoms with van der Waals surface area (Å²) >= 11 is 3.46. The van der Waals surface area contributed by atoms with Crippen LogP contribution < -0.4 is 5.32 Å². The maximum Gasteiger partial charge on any atom is 0.193 e. The van der Waals surface area contributed by atoms with Gasteiger partial charge >= 0.3 is 0 Å². The van der Waals surface area contributed by atoms with E-state index in [4.69, 9.17) is 9.47 Å². The predicted molar refractivity (Wildman–Crippen MR) is 98.9 cm³/mol. The largest absolute Gasteiger partial charge is 0.382 e. The van der Waals surface area contributed by atoms with Gasteiger partial charge < -0.3 is 19.7 Å². The number of hydrogen-bond acceptors (Lipinski definition) is 3. The second-order valence-electron chi connectivity index (χ2n) is 5.18. The van der Waals surface area contributed by atoms with Gasteiger partial charge in [-0.3, -0.25) is 4.99 Å². The Morgan fingerprint density at radius 3 is 2.61 bits per heavy atom. The van der Waals surface area contributed by atoms with E-state index in [0.717, 1.165) is 36.5 Å². The molecular weight excluding hydrogens is 358 g/mol. The summed E-state index contributed by atoms with van der Waals surface area (Å²) in [4.78, 5) is 6.79. The number of nitrogens with zero attached hydrogens (tertiary/aromatic N) is 2. The van der Waals surface area contributed by atoms with Gasteiger partial charge in [0.05, 0.1) is 13.2 Å². The lowest BCUT2D eigenvalue weighted by atomic mass is 10.2. The SMILES string of the molecule is CCNC(=NCCCOCCOC)N(C)Cc1ccc(Br)cc1. The molecule has 0 radical (unpaired) electrons. The Hall–Kier alpha value is -1.11. The number of methoxy groups -OCH3 is 1. The van der Waals surface area contributed by atoms with Gasteiger partial charge in [0.2, 0.25) is 0 Å². The van der Waals surface area contributed by atoms with E-state index in [1.165, 1.54) is 5.56 Å². The Labute approximate surface area is 148 Å². The summed E-state index contributed by atoms with van der Waals surface area (Å²) in [6, 6.07) is 8.36. The van der Waals surface area contributed by atoms with Crippen molar-refractivity contribution in [1.82, 2.24) is 10.2 Å². The number of nitrogens with one attached hydrogen (secondary N) is 1. The quantitative estimate of drug-likeness (QED) is 0.382. The minimum atomic E-state index is 0.641. The highest BCUT2D eigenvalue weighted by Crippen LogP contribution is 2.11. The molecule has 0 fully saturated rings. The van der Waals surface area contributed by atoms with Gasteiger partial charge in [0, 0.05) is 44.9 Å². The molecule has 0 spiro atoms. The first kappa shape index (κ1) is 19.9. The summed E-state index contributed by atoms with van der Waals surface area (Å²) in [5.74, 6) is 0.923. The van der Waals surface area contributed by atoms with Crippen molar-refractivity contribution in [2.24, 2.45) is 4.99 Å². The molecule has 0 atom stereocenters. The summed E-state index contributed by atoms with van der Waals surface area (Å²) in [6.45, 7) is 6.50. The van der Waals surface area contributed by atoms with Crippen LogP contribution in [0.15, 0.2) is 33.7 Å². The van der Waals surface area contributed by atoms with Crippen LogP contribution in [0.5, 0.6) is 0 Å². The standard InChI is InChI=1S/C17H28BrN3O2/c1-4-19-17(20-10-5-11-23-13-12-22-3)21(2)14-15-6-8-16(18)9-7-15/h6-9H,4-5,10-14H2,1-3H3,(H,19,20). The predicted octanol–water partition coefficient (Wildman–Crippen LogP) is 2.90. The third-order valence-electron chi connectivity index (χ3n) is 3.17. The van der Waals surface area contributed by atoms with Gasteiger partial charge in [-0.05, 0) is 31.0 Å². The first-order valence-electron chi connectivity index (χ1n) is 7.98. The van der Waals surface area contributed by atoms with Gasteiger partial charge in [0.1, 0.15) is 0 Å². The van der Waals surface area contributed by atoms with Crippen LogP contribution in [0.25, 0.3) is 0 Å². The Morgan fingerprint density at radius 2 is 1.96 bits per heavy atom. The molecule has 1 aromatic rings. The Balaban J connectivity index is 2.41. The van der Waals surface area contributed by atoms with Crippen LogP contribution in [0, 0.1) is 0 Å². The lowest BCUT2D eigenvalue weighted by Crippen LogP contribution is -2.38. The Kier molecular flexibility index (Phi) is 10.7. The molecule has 0 unspecified atom stereocenters. The molecule has 1 aromatic carbocycles. The van der Waals surface area contributed by atoms with Crippen molar-refractivity contribution >= 4 is 21.9 Å². The number of halogens is 1. The summed E-state index contributed by atoms with van der Waals surface area (Å²) in [7, 11) is 3.73. The summed E-state index contributed by atoms with van der Waals surface area (Å²) < 4.78 is 11.5. The second-order valence-corrected chi connectivity index (χ2v) is 6.09. The minimum Gasteiger partial charge on any atom is -0.382 e. The zero-order chi connectivity index (χ0) is 16.9. The van der Waals surface area contributed by atoms with Crippen molar-refractivity contribution in [3.8, 4) is 0 Å². The average molecular weight is 386 g/mol. The van der Waals surface area contributed by atoms with Crippen LogP contribution >= 0.6 is 15.9 Å². The molecule has 0 aliphatic carbocycles. The molecule has 0 aromatic heterocycles. The van der Waals surface area contributed by atoms with E-state index in [2.05, 4.69) is 69.4 Å². The van der Waals surface area contributed by atoms with Crippen LogP contribution in [-0.2, 0) is 16.0 Å². The monoisotopic (exact) mass is 385 g/mol. The van der Waals surface area contributed by atoms with Gasteiger partial charge in [-0.1, -0.05) is 28.1 Å². The van der Waals surface area contributed by atoms with Gasteiger partial charge in [-0.25, -0.2) is 0 Å². The van der Waals surface area contributed by atoms with Crippen molar-refractivity contribution in [2.45, 2.75) is 19.9 Å². The average Bonchev–Trinajstić information content (AvgIpc) is 2.55. The maximum atomic E-state index is 5.45. The van der Waals surface area contributed by atoms with E-state index in [9.17, 15) is 0 Å². The number of ether oxygens (including phenoxy) is 2. The first-order chi connectivity index (χ1) is 11.2. The zero-order valence-corrected chi connectivity index (χ0v) is 15.9. The highest BCUT2D eigenvalue weighted by molar-refractivity contribution is 9.10. The van der Waals surface area contributed by atoms with Crippen molar-refractivity contribution in [3.05, 3.63) is 34.3 Å².